The SMILES string of the molecule is Cc1cnc(NCC2(C(=O)O)CCCCCC2)nc1. The largest absolute Gasteiger partial charge is 0.481 e. The molecule has 19 heavy (non-hydrogen) atoms. The first-order chi connectivity index (χ1) is 9.12. The summed E-state index contributed by atoms with van der Waals surface area (Å²) in [6, 6.07) is 0. The zero-order valence-electron chi connectivity index (χ0n) is 11.4. The van der Waals surface area contributed by atoms with E-state index in [1.165, 1.54) is 0 Å². The third kappa shape index (κ3) is 3.43. The van der Waals surface area contributed by atoms with Crippen molar-refractivity contribution in [3.05, 3.63) is 18.0 Å². The lowest BCUT2D eigenvalue weighted by molar-refractivity contribution is -0.149. The predicted octanol–water partition coefficient (Wildman–Crippen LogP) is 2.62. The Balaban J connectivity index is 2.04. The molecule has 1 aromatic rings. The van der Waals surface area contributed by atoms with E-state index in [0.717, 1.165) is 44.1 Å². The molecule has 0 aromatic carbocycles. The number of carbonyl (C=O) groups is 1. The van der Waals surface area contributed by atoms with Crippen molar-refractivity contribution in [3.8, 4) is 0 Å². The Kier molecular flexibility index (Phi) is 4.35. The molecule has 0 bridgehead atoms. The number of aromatic nitrogens is 2. The van der Waals surface area contributed by atoms with Crippen LogP contribution in [0.1, 0.15) is 44.1 Å². The van der Waals surface area contributed by atoms with Gasteiger partial charge in [-0.25, -0.2) is 9.97 Å². The molecule has 1 aromatic heterocycles. The number of anilines is 1. The third-order valence-corrected chi connectivity index (χ3v) is 3.88. The highest BCUT2D eigenvalue weighted by atomic mass is 16.4. The maximum absolute atomic E-state index is 11.6. The van der Waals surface area contributed by atoms with Gasteiger partial charge >= 0.3 is 5.97 Å². The summed E-state index contributed by atoms with van der Waals surface area (Å²) in [4.78, 5) is 19.9. The molecule has 1 fully saturated rings. The first-order valence-corrected chi connectivity index (χ1v) is 6.88. The normalized spacial score (nSPS) is 18.6. The molecule has 0 aliphatic heterocycles. The molecule has 0 saturated heterocycles. The van der Waals surface area contributed by atoms with Crippen molar-refractivity contribution in [2.75, 3.05) is 11.9 Å². The Labute approximate surface area is 113 Å². The minimum atomic E-state index is -0.700. The molecule has 0 radical (unpaired) electrons. The highest BCUT2D eigenvalue weighted by molar-refractivity contribution is 5.75. The molecule has 104 valence electrons. The highest BCUT2D eigenvalue weighted by Crippen LogP contribution is 2.35. The highest BCUT2D eigenvalue weighted by Gasteiger charge is 2.38. The van der Waals surface area contributed by atoms with Crippen LogP contribution in [0.5, 0.6) is 0 Å². The summed E-state index contributed by atoms with van der Waals surface area (Å²) in [5.41, 5.74) is 0.332. The van der Waals surface area contributed by atoms with E-state index in [2.05, 4.69) is 15.3 Å². The van der Waals surface area contributed by atoms with Gasteiger partial charge in [0.2, 0.25) is 5.95 Å². The van der Waals surface area contributed by atoms with Crippen LogP contribution in [0.4, 0.5) is 5.95 Å². The zero-order valence-corrected chi connectivity index (χ0v) is 11.4. The van der Waals surface area contributed by atoms with Crippen molar-refractivity contribution in [1.29, 1.82) is 0 Å². The lowest BCUT2D eigenvalue weighted by Gasteiger charge is -2.28. The molecule has 1 aliphatic rings. The average Bonchev–Trinajstić information content (AvgIpc) is 2.65. The van der Waals surface area contributed by atoms with E-state index in [0.29, 0.717) is 12.5 Å². The van der Waals surface area contributed by atoms with Crippen LogP contribution in [0.15, 0.2) is 12.4 Å². The van der Waals surface area contributed by atoms with Crippen molar-refractivity contribution in [2.24, 2.45) is 5.41 Å². The Morgan fingerprint density at radius 1 is 1.26 bits per heavy atom. The number of hydrogen-bond acceptors (Lipinski definition) is 4. The lowest BCUT2D eigenvalue weighted by atomic mass is 9.80. The van der Waals surface area contributed by atoms with E-state index in [4.69, 9.17) is 0 Å². The van der Waals surface area contributed by atoms with Gasteiger partial charge in [0.15, 0.2) is 0 Å². The Bertz CT molecular complexity index is 423. The zero-order chi connectivity index (χ0) is 13.7. The molecule has 2 rings (SSSR count). The van der Waals surface area contributed by atoms with Gasteiger partial charge in [0.25, 0.3) is 0 Å². The van der Waals surface area contributed by atoms with Gasteiger partial charge in [-0.2, -0.15) is 0 Å². The van der Waals surface area contributed by atoms with Crippen molar-refractivity contribution < 1.29 is 9.90 Å². The van der Waals surface area contributed by atoms with E-state index in [1.807, 2.05) is 6.92 Å². The number of aryl methyl sites for hydroxylation is 1. The molecule has 5 heteroatoms. The molecule has 5 nitrogen and oxygen atoms in total. The number of rotatable bonds is 4. The smallest absolute Gasteiger partial charge is 0.311 e. The van der Waals surface area contributed by atoms with Gasteiger partial charge in [0.1, 0.15) is 0 Å². The molecule has 0 atom stereocenters. The van der Waals surface area contributed by atoms with Gasteiger partial charge in [-0.15, -0.1) is 0 Å². The molecule has 0 spiro atoms. The van der Waals surface area contributed by atoms with Crippen LogP contribution in [0.2, 0.25) is 0 Å². The molecule has 1 heterocycles. The minimum absolute atomic E-state index is 0.408. The number of aliphatic carboxylic acids is 1. The Hall–Kier alpha value is -1.65. The van der Waals surface area contributed by atoms with Crippen molar-refractivity contribution in [1.82, 2.24) is 9.97 Å². The van der Waals surface area contributed by atoms with Crippen LogP contribution in [-0.2, 0) is 4.79 Å². The van der Waals surface area contributed by atoms with Crippen LogP contribution in [-0.4, -0.2) is 27.6 Å². The molecule has 1 saturated carbocycles. The van der Waals surface area contributed by atoms with Gasteiger partial charge in [0.05, 0.1) is 5.41 Å². The average molecular weight is 263 g/mol. The summed E-state index contributed by atoms with van der Waals surface area (Å²) in [6.07, 6.45) is 9.19. The fourth-order valence-electron chi connectivity index (χ4n) is 2.60. The molecule has 2 N–H and O–H groups in total. The number of nitrogens with one attached hydrogen (secondary N) is 1. The second-order valence-electron chi connectivity index (χ2n) is 5.44. The van der Waals surface area contributed by atoms with Gasteiger partial charge < -0.3 is 10.4 Å². The van der Waals surface area contributed by atoms with E-state index in [-0.39, 0.29) is 0 Å². The first-order valence-electron chi connectivity index (χ1n) is 6.88. The number of carboxylic acid groups (broad SMARTS) is 1. The molecular weight excluding hydrogens is 242 g/mol. The van der Waals surface area contributed by atoms with E-state index in [1.54, 1.807) is 12.4 Å². The van der Waals surface area contributed by atoms with Crippen molar-refractivity contribution >= 4 is 11.9 Å². The quantitative estimate of drug-likeness (QED) is 0.817. The molecule has 1 aliphatic carbocycles. The summed E-state index contributed by atoms with van der Waals surface area (Å²) < 4.78 is 0. The standard InChI is InChI=1S/C14H21N3O2/c1-11-8-15-13(16-9-11)17-10-14(12(18)19)6-4-2-3-5-7-14/h8-9H,2-7,10H2,1H3,(H,18,19)(H,15,16,17). The number of hydrogen-bond donors (Lipinski definition) is 2. The summed E-state index contributed by atoms with van der Waals surface area (Å²) in [5.74, 6) is -0.190. The summed E-state index contributed by atoms with van der Waals surface area (Å²) >= 11 is 0. The van der Waals surface area contributed by atoms with Gasteiger partial charge in [0, 0.05) is 18.9 Å². The summed E-state index contributed by atoms with van der Waals surface area (Å²) in [7, 11) is 0. The maximum Gasteiger partial charge on any atom is 0.311 e. The first kappa shape index (κ1) is 13.8. The number of nitrogens with zero attached hydrogens (tertiary/aromatic N) is 2. The van der Waals surface area contributed by atoms with Crippen LogP contribution in [0.25, 0.3) is 0 Å². The third-order valence-electron chi connectivity index (χ3n) is 3.88. The second-order valence-corrected chi connectivity index (χ2v) is 5.44. The Morgan fingerprint density at radius 2 is 1.84 bits per heavy atom. The second kappa shape index (κ2) is 5.99. The molecule has 0 unspecified atom stereocenters. The van der Waals surface area contributed by atoms with Crippen molar-refractivity contribution in [2.45, 2.75) is 45.4 Å². The van der Waals surface area contributed by atoms with Crippen LogP contribution in [0.3, 0.4) is 0 Å². The molecule has 0 amide bonds. The van der Waals surface area contributed by atoms with Crippen LogP contribution in [0, 0.1) is 12.3 Å². The van der Waals surface area contributed by atoms with Gasteiger partial charge in [-0.3, -0.25) is 4.79 Å². The van der Waals surface area contributed by atoms with E-state index >= 15 is 0 Å². The fourth-order valence-corrected chi connectivity index (χ4v) is 2.60. The van der Waals surface area contributed by atoms with Crippen LogP contribution < -0.4 is 5.32 Å². The van der Waals surface area contributed by atoms with E-state index < -0.39 is 11.4 Å². The summed E-state index contributed by atoms with van der Waals surface area (Å²) in [6.45, 7) is 2.33. The fraction of sp³-hybridized carbons (Fsp3) is 0.643. The van der Waals surface area contributed by atoms with Gasteiger partial charge in [-0.1, -0.05) is 25.7 Å². The molecular formula is C14H21N3O2. The lowest BCUT2D eigenvalue weighted by Crippen LogP contribution is -2.37. The van der Waals surface area contributed by atoms with Crippen LogP contribution >= 0.6 is 0 Å². The van der Waals surface area contributed by atoms with Crippen molar-refractivity contribution in [3.63, 3.8) is 0 Å². The predicted molar refractivity (Wildman–Crippen MR) is 73.0 cm³/mol. The topological polar surface area (TPSA) is 75.1 Å². The van der Waals surface area contributed by atoms with E-state index in [9.17, 15) is 9.90 Å². The summed E-state index contributed by atoms with van der Waals surface area (Å²) in [5, 5.41) is 12.6. The Morgan fingerprint density at radius 3 is 2.37 bits per heavy atom. The minimum Gasteiger partial charge on any atom is -0.481 e. The monoisotopic (exact) mass is 263 g/mol. The van der Waals surface area contributed by atoms with Gasteiger partial charge in [-0.05, 0) is 25.3 Å². The maximum atomic E-state index is 11.6. The number of carboxylic acids is 1.